The second-order valence-corrected chi connectivity index (χ2v) is 11.0. The van der Waals surface area contributed by atoms with Crippen molar-refractivity contribution in [3.05, 3.63) is 70.7 Å². The fourth-order valence-electron chi connectivity index (χ4n) is 6.52. The van der Waals surface area contributed by atoms with E-state index in [1.165, 1.54) is 55.5 Å². The van der Waals surface area contributed by atoms with Crippen LogP contribution < -0.4 is 5.32 Å². The number of halogens is 1. The fraction of sp³-hybridized carbons (Fsp3) is 0.500. The number of nitrogens with one attached hydrogen (secondary N) is 2. The van der Waals surface area contributed by atoms with Gasteiger partial charge in [0.05, 0.1) is 0 Å². The summed E-state index contributed by atoms with van der Waals surface area (Å²) in [4.78, 5) is 21.8. The Morgan fingerprint density at radius 3 is 2.53 bits per heavy atom. The first-order valence-electron chi connectivity index (χ1n) is 13.8. The third-order valence-electron chi connectivity index (χ3n) is 8.59. The molecule has 1 aromatic heterocycles. The SMILES string of the molecule is O=C(NC1CCN(C2CCCCC2)CC1)c1ccc2[nH]c3c(c2c1)CN(Cc1ccc(F)cc1)CC3. The molecule has 3 aromatic rings. The second kappa shape index (κ2) is 10.3. The molecule has 6 rings (SSSR count). The van der Waals surface area contributed by atoms with E-state index in [0.717, 1.165) is 80.1 Å². The zero-order valence-corrected chi connectivity index (χ0v) is 21.1. The Balaban J connectivity index is 1.10. The molecular formula is C30H37FN4O. The topological polar surface area (TPSA) is 51.4 Å². The van der Waals surface area contributed by atoms with Gasteiger partial charge in [-0.2, -0.15) is 0 Å². The molecule has 2 aromatic carbocycles. The van der Waals surface area contributed by atoms with Crippen LogP contribution in [0.5, 0.6) is 0 Å². The van der Waals surface area contributed by atoms with Crippen LogP contribution in [-0.4, -0.2) is 52.4 Å². The molecule has 2 aliphatic heterocycles. The summed E-state index contributed by atoms with van der Waals surface area (Å²) in [7, 11) is 0. The Bertz CT molecular complexity index is 1210. The van der Waals surface area contributed by atoms with Gasteiger partial charge in [-0.3, -0.25) is 9.69 Å². The summed E-state index contributed by atoms with van der Waals surface area (Å²) in [5.74, 6) is -0.154. The first kappa shape index (κ1) is 23.7. The summed E-state index contributed by atoms with van der Waals surface area (Å²) < 4.78 is 13.3. The molecule has 1 aliphatic carbocycles. The second-order valence-electron chi connectivity index (χ2n) is 11.0. The maximum atomic E-state index is 13.3. The van der Waals surface area contributed by atoms with Crippen LogP contribution in [0, 0.1) is 5.82 Å². The number of aromatic nitrogens is 1. The molecule has 1 amide bonds. The minimum atomic E-state index is -0.197. The van der Waals surface area contributed by atoms with Crippen molar-refractivity contribution in [2.45, 2.75) is 76.5 Å². The number of piperidine rings is 1. The van der Waals surface area contributed by atoms with E-state index in [1.54, 1.807) is 0 Å². The molecule has 3 heterocycles. The average molecular weight is 489 g/mol. The van der Waals surface area contributed by atoms with Crippen LogP contribution in [0.2, 0.25) is 0 Å². The van der Waals surface area contributed by atoms with Gasteiger partial charge in [0.2, 0.25) is 0 Å². The minimum absolute atomic E-state index is 0.0435. The monoisotopic (exact) mass is 488 g/mol. The highest BCUT2D eigenvalue weighted by Crippen LogP contribution is 2.30. The van der Waals surface area contributed by atoms with Crippen LogP contribution in [-0.2, 0) is 19.5 Å². The van der Waals surface area contributed by atoms with E-state index in [1.807, 2.05) is 18.2 Å². The van der Waals surface area contributed by atoms with Gasteiger partial charge in [0.15, 0.2) is 0 Å². The highest BCUT2D eigenvalue weighted by molar-refractivity contribution is 5.99. The van der Waals surface area contributed by atoms with Gasteiger partial charge in [0.25, 0.3) is 5.91 Å². The Labute approximate surface area is 213 Å². The maximum absolute atomic E-state index is 13.3. The first-order chi connectivity index (χ1) is 17.6. The lowest BCUT2D eigenvalue weighted by Crippen LogP contribution is -2.48. The predicted molar refractivity (Wildman–Crippen MR) is 141 cm³/mol. The molecule has 1 saturated carbocycles. The summed E-state index contributed by atoms with van der Waals surface area (Å²) in [5.41, 5.74) is 5.52. The maximum Gasteiger partial charge on any atom is 0.251 e. The quantitative estimate of drug-likeness (QED) is 0.506. The summed E-state index contributed by atoms with van der Waals surface area (Å²) in [6.45, 7) is 4.79. The molecule has 0 bridgehead atoms. The highest BCUT2D eigenvalue weighted by atomic mass is 19.1. The van der Waals surface area contributed by atoms with Gasteiger partial charge >= 0.3 is 0 Å². The molecule has 1 saturated heterocycles. The highest BCUT2D eigenvalue weighted by Gasteiger charge is 2.27. The van der Waals surface area contributed by atoms with E-state index < -0.39 is 0 Å². The van der Waals surface area contributed by atoms with Crippen LogP contribution in [0.1, 0.15) is 72.1 Å². The lowest BCUT2D eigenvalue weighted by Gasteiger charge is -2.39. The number of fused-ring (bicyclic) bond motifs is 3. The number of rotatable bonds is 5. The Morgan fingerprint density at radius 2 is 1.75 bits per heavy atom. The number of benzene rings is 2. The largest absolute Gasteiger partial charge is 0.358 e. The molecule has 6 heteroatoms. The number of carbonyl (C=O) groups excluding carboxylic acids is 1. The van der Waals surface area contributed by atoms with Gasteiger partial charge in [0, 0.05) is 73.4 Å². The lowest BCUT2D eigenvalue weighted by molar-refractivity contribution is 0.0865. The third-order valence-corrected chi connectivity index (χ3v) is 8.59. The zero-order chi connectivity index (χ0) is 24.5. The number of amides is 1. The minimum Gasteiger partial charge on any atom is -0.358 e. The fourth-order valence-corrected chi connectivity index (χ4v) is 6.52. The van der Waals surface area contributed by atoms with E-state index in [0.29, 0.717) is 0 Å². The van der Waals surface area contributed by atoms with Crippen LogP contribution in [0.4, 0.5) is 4.39 Å². The van der Waals surface area contributed by atoms with E-state index >= 15 is 0 Å². The van der Waals surface area contributed by atoms with Crippen LogP contribution in [0.3, 0.4) is 0 Å². The first-order valence-corrected chi connectivity index (χ1v) is 13.8. The van der Waals surface area contributed by atoms with Gasteiger partial charge < -0.3 is 15.2 Å². The van der Waals surface area contributed by atoms with Crippen molar-refractivity contribution in [1.82, 2.24) is 20.1 Å². The standard InChI is InChI=1S/C30H37FN4O/c31-23-9-6-21(7-10-23)19-34-15-14-29-27(20-34)26-18-22(8-11-28(26)33-29)30(36)32-24-12-16-35(17-13-24)25-4-2-1-3-5-25/h6-11,18,24-25,33H,1-5,12-17,19-20H2,(H,32,36). The van der Waals surface area contributed by atoms with Crippen molar-refractivity contribution >= 4 is 16.8 Å². The number of aromatic amines is 1. The van der Waals surface area contributed by atoms with Gasteiger partial charge in [-0.1, -0.05) is 31.4 Å². The molecule has 0 atom stereocenters. The molecule has 190 valence electrons. The normalized spacial score (nSPS) is 20.5. The molecule has 2 fully saturated rings. The molecule has 0 unspecified atom stereocenters. The van der Waals surface area contributed by atoms with Crippen LogP contribution in [0.25, 0.3) is 10.9 Å². The molecular weight excluding hydrogens is 451 g/mol. The van der Waals surface area contributed by atoms with Gasteiger partial charge in [-0.15, -0.1) is 0 Å². The van der Waals surface area contributed by atoms with E-state index in [4.69, 9.17) is 0 Å². The number of hydrogen-bond donors (Lipinski definition) is 2. The van der Waals surface area contributed by atoms with Gasteiger partial charge in [-0.05, 0) is 67.1 Å². The van der Waals surface area contributed by atoms with E-state index in [9.17, 15) is 9.18 Å². The molecule has 0 radical (unpaired) electrons. The summed E-state index contributed by atoms with van der Waals surface area (Å²) >= 11 is 0. The zero-order valence-electron chi connectivity index (χ0n) is 21.1. The van der Waals surface area contributed by atoms with E-state index in [-0.39, 0.29) is 17.8 Å². The van der Waals surface area contributed by atoms with Crippen molar-refractivity contribution < 1.29 is 9.18 Å². The van der Waals surface area contributed by atoms with Crippen molar-refractivity contribution in [3.63, 3.8) is 0 Å². The predicted octanol–water partition coefficient (Wildman–Crippen LogP) is 5.39. The molecule has 5 nitrogen and oxygen atoms in total. The smallest absolute Gasteiger partial charge is 0.251 e. The summed E-state index contributed by atoms with van der Waals surface area (Å²) in [6, 6.07) is 13.9. The molecule has 2 N–H and O–H groups in total. The van der Waals surface area contributed by atoms with Gasteiger partial charge in [0.1, 0.15) is 5.82 Å². The number of nitrogens with zero attached hydrogens (tertiary/aromatic N) is 2. The number of likely N-dealkylation sites (tertiary alicyclic amines) is 1. The molecule has 3 aliphatic rings. The number of hydrogen-bond acceptors (Lipinski definition) is 3. The third kappa shape index (κ3) is 5.07. The van der Waals surface area contributed by atoms with Crippen molar-refractivity contribution in [2.24, 2.45) is 0 Å². The van der Waals surface area contributed by atoms with Crippen molar-refractivity contribution in [3.8, 4) is 0 Å². The lowest BCUT2D eigenvalue weighted by atomic mass is 9.92. The van der Waals surface area contributed by atoms with Crippen molar-refractivity contribution in [1.29, 1.82) is 0 Å². The molecule has 36 heavy (non-hydrogen) atoms. The summed E-state index contributed by atoms with van der Waals surface area (Å²) in [6.07, 6.45) is 9.87. The summed E-state index contributed by atoms with van der Waals surface area (Å²) in [5, 5.41) is 4.47. The number of carbonyl (C=O) groups is 1. The average Bonchev–Trinajstić information content (AvgIpc) is 3.28. The van der Waals surface area contributed by atoms with Crippen LogP contribution >= 0.6 is 0 Å². The Hall–Kier alpha value is -2.70. The van der Waals surface area contributed by atoms with Crippen molar-refractivity contribution in [2.75, 3.05) is 19.6 Å². The Morgan fingerprint density at radius 1 is 0.972 bits per heavy atom. The Kier molecular flexibility index (Phi) is 6.81. The molecule has 0 spiro atoms. The van der Waals surface area contributed by atoms with E-state index in [2.05, 4.69) is 32.2 Å². The number of H-pyrrole nitrogens is 1. The van der Waals surface area contributed by atoms with Gasteiger partial charge in [-0.25, -0.2) is 4.39 Å². The van der Waals surface area contributed by atoms with Crippen LogP contribution in [0.15, 0.2) is 42.5 Å².